The van der Waals surface area contributed by atoms with Gasteiger partial charge in [0.25, 0.3) is 0 Å². The number of hydrogen-bond acceptors (Lipinski definition) is 4. The molecule has 1 aromatic heterocycles. The molecule has 0 saturated heterocycles. The van der Waals surface area contributed by atoms with Gasteiger partial charge in [-0.3, -0.25) is 9.52 Å². The van der Waals surface area contributed by atoms with Crippen LogP contribution in [0.15, 0.2) is 53.7 Å². The number of esters is 1. The molecule has 0 spiro atoms. The third-order valence-corrected chi connectivity index (χ3v) is 3.49. The number of nitrogens with zero attached hydrogens (tertiary/aromatic N) is 1. The molecule has 106 valence electrons. The molecular weight excluding hydrogens is 272 g/mol. The predicted molar refractivity (Wildman–Crippen MR) is 80.1 cm³/mol. The molecule has 0 amide bonds. The monoisotopic (exact) mass is 290 g/mol. The Bertz CT molecular complexity index is 540. The third kappa shape index (κ3) is 5.11. The zero-order valence-electron chi connectivity index (χ0n) is 11.4. The molecule has 0 bridgehead atoms. The van der Waals surface area contributed by atoms with Crippen LogP contribution >= 0.6 is 11.9 Å². The lowest BCUT2D eigenvalue weighted by Crippen LogP contribution is -2.13. The summed E-state index contributed by atoms with van der Waals surface area (Å²) in [6.45, 7) is 0.929. The summed E-state index contributed by atoms with van der Waals surface area (Å²) in [4.78, 5) is 12.7. The highest BCUT2D eigenvalue weighted by atomic mass is 32.2. The molecule has 0 aliphatic carbocycles. The fraction of sp³-hybridized carbons (Fsp3) is 0.267. The Labute approximate surface area is 123 Å². The Kier molecular flexibility index (Phi) is 5.70. The molecule has 1 aromatic carbocycles. The first-order valence-corrected chi connectivity index (χ1v) is 7.27. The van der Waals surface area contributed by atoms with Crippen LogP contribution in [0.1, 0.15) is 12.0 Å². The van der Waals surface area contributed by atoms with E-state index in [-0.39, 0.29) is 5.97 Å². The smallest absolute Gasteiger partial charge is 0.307 e. The summed E-state index contributed by atoms with van der Waals surface area (Å²) >= 11 is 1.52. The standard InChI is InChI=1S/C15H18N2O2S/c1-17-10-8-14(11-17)20-16-9-7-15(18)19-12-13-5-3-2-4-6-13/h2-6,8,10-11,16H,7,9,12H2,1H3. The number of aryl methyl sites for hydroxylation is 1. The number of nitrogens with one attached hydrogen (secondary N) is 1. The van der Waals surface area contributed by atoms with Gasteiger partial charge in [-0.1, -0.05) is 30.3 Å². The molecular formula is C15H18N2O2S. The van der Waals surface area contributed by atoms with Gasteiger partial charge in [0.1, 0.15) is 6.61 Å². The number of carbonyl (C=O) groups excluding carboxylic acids is 1. The molecule has 20 heavy (non-hydrogen) atoms. The van der Waals surface area contributed by atoms with Crippen molar-refractivity contribution >= 4 is 17.9 Å². The van der Waals surface area contributed by atoms with E-state index in [1.807, 2.05) is 60.4 Å². The van der Waals surface area contributed by atoms with Gasteiger partial charge in [-0.2, -0.15) is 0 Å². The lowest BCUT2D eigenvalue weighted by Gasteiger charge is -2.05. The highest BCUT2D eigenvalue weighted by Crippen LogP contribution is 2.13. The first-order chi connectivity index (χ1) is 9.74. The SMILES string of the molecule is Cn1ccc(SNCCC(=O)OCc2ccccc2)c1. The predicted octanol–water partition coefficient (Wildman–Crippen LogP) is 2.76. The van der Waals surface area contributed by atoms with Crippen LogP contribution in [0.4, 0.5) is 0 Å². The van der Waals surface area contributed by atoms with Crippen LogP contribution in [0, 0.1) is 0 Å². The van der Waals surface area contributed by atoms with Gasteiger partial charge < -0.3 is 9.30 Å². The van der Waals surface area contributed by atoms with Gasteiger partial charge in [-0.05, 0) is 23.6 Å². The molecule has 5 heteroatoms. The van der Waals surface area contributed by atoms with Crippen LogP contribution in [-0.2, 0) is 23.2 Å². The van der Waals surface area contributed by atoms with E-state index in [1.54, 1.807) is 0 Å². The topological polar surface area (TPSA) is 43.3 Å². The van der Waals surface area contributed by atoms with Crippen molar-refractivity contribution in [1.82, 2.24) is 9.29 Å². The lowest BCUT2D eigenvalue weighted by molar-refractivity contribution is -0.144. The maximum atomic E-state index is 11.6. The molecule has 1 heterocycles. The molecule has 0 radical (unpaired) electrons. The highest BCUT2D eigenvalue weighted by molar-refractivity contribution is 7.97. The Balaban J connectivity index is 1.58. The zero-order valence-corrected chi connectivity index (χ0v) is 12.2. The lowest BCUT2D eigenvalue weighted by atomic mass is 10.2. The first-order valence-electron chi connectivity index (χ1n) is 6.45. The third-order valence-electron chi connectivity index (χ3n) is 2.67. The van der Waals surface area contributed by atoms with Crippen molar-refractivity contribution in [2.24, 2.45) is 7.05 Å². The van der Waals surface area contributed by atoms with E-state index in [0.717, 1.165) is 10.5 Å². The van der Waals surface area contributed by atoms with Crippen molar-refractivity contribution < 1.29 is 9.53 Å². The van der Waals surface area contributed by atoms with E-state index in [9.17, 15) is 4.79 Å². The molecule has 4 nitrogen and oxygen atoms in total. The Hall–Kier alpha value is -1.72. The minimum absolute atomic E-state index is 0.185. The van der Waals surface area contributed by atoms with E-state index >= 15 is 0 Å². The maximum Gasteiger partial charge on any atom is 0.307 e. The summed E-state index contributed by atoms with van der Waals surface area (Å²) in [7, 11) is 1.98. The first kappa shape index (κ1) is 14.7. The number of hydrogen-bond donors (Lipinski definition) is 1. The molecule has 2 rings (SSSR count). The highest BCUT2D eigenvalue weighted by Gasteiger charge is 2.03. The van der Waals surface area contributed by atoms with Gasteiger partial charge in [-0.25, -0.2) is 0 Å². The van der Waals surface area contributed by atoms with E-state index in [1.165, 1.54) is 11.9 Å². The molecule has 0 saturated carbocycles. The van der Waals surface area contributed by atoms with E-state index < -0.39 is 0 Å². The Morgan fingerprint density at radius 3 is 2.80 bits per heavy atom. The molecule has 0 fully saturated rings. The van der Waals surface area contributed by atoms with Crippen molar-refractivity contribution in [3.05, 3.63) is 54.4 Å². The molecule has 0 unspecified atom stereocenters. The van der Waals surface area contributed by atoms with Crippen LogP contribution < -0.4 is 4.72 Å². The number of ether oxygens (including phenoxy) is 1. The van der Waals surface area contributed by atoms with Crippen LogP contribution in [0.3, 0.4) is 0 Å². The van der Waals surface area contributed by atoms with Gasteiger partial charge in [0.05, 0.1) is 6.42 Å². The molecule has 2 aromatic rings. The number of benzene rings is 1. The van der Waals surface area contributed by atoms with E-state index in [0.29, 0.717) is 19.6 Å². The minimum atomic E-state index is -0.185. The Morgan fingerprint density at radius 2 is 2.10 bits per heavy atom. The van der Waals surface area contributed by atoms with Gasteiger partial charge in [0.2, 0.25) is 0 Å². The van der Waals surface area contributed by atoms with E-state index in [2.05, 4.69) is 4.72 Å². The number of carbonyl (C=O) groups is 1. The summed E-state index contributed by atoms with van der Waals surface area (Å²) in [5.74, 6) is -0.185. The summed E-state index contributed by atoms with van der Waals surface area (Å²) in [6.07, 6.45) is 4.37. The molecule has 0 atom stereocenters. The number of rotatable bonds is 7. The molecule has 0 aliphatic heterocycles. The second-order valence-corrected chi connectivity index (χ2v) is 5.37. The average Bonchev–Trinajstić information content (AvgIpc) is 2.88. The summed E-state index contributed by atoms with van der Waals surface area (Å²) < 4.78 is 10.3. The van der Waals surface area contributed by atoms with Crippen molar-refractivity contribution in [2.75, 3.05) is 6.54 Å². The van der Waals surface area contributed by atoms with Crippen molar-refractivity contribution in [3.8, 4) is 0 Å². The van der Waals surface area contributed by atoms with Crippen LogP contribution in [0.5, 0.6) is 0 Å². The fourth-order valence-electron chi connectivity index (χ4n) is 1.64. The van der Waals surface area contributed by atoms with Crippen LogP contribution in [0.2, 0.25) is 0 Å². The van der Waals surface area contributed by atoms with Gasteiger partial charge in [0, 0.05) is 30.9 Å². The van der Waals surface area contributed by atoms with E-state index in [4.69, 9.17) is 4.74 Å². The van der Waals surface area contributed by atoms with Crippen molar-refractivity contribution in [3.63, 3.8) is 0 Å². The zero-order chi connectivity index (χ0) is 14.2. The van der Waals surface area contributed by atoms with Crippen LogP contribution in [-0.4, -0.2) is 17.1 Å². The van der Waals surface area contributed by atoms with Gasteiger partial charge in [0.15, 0.2) is 0 Å². The Morgan fingerprint density at radius 1 is 1.30 bits per heavy atom. The largest absolute Gasteiger partial charge is 0.461 e. The molecule has 1 N–H and O–H groups in total. The second kappa shape index (κ2) is 7.77. The fourth-order valence-corrected chi connectivity index (χ4v) is 2.35. The summed E-state index contributed by atoms with van der Waals surface area (Å²) in [5, 5.41) is 0. The quantitative estimate of drug-likeness (QED) is 0.484. The summed E-state index contributed by atoms with van der Waals surface area (Å²) in [5.41, 5.74) is 1.01. The molecule has 0 aliphatic rings. The van der Waals surface area contributed by atoms with Crippen LogP contribution in [0.25, 0.3) is 0 Å². The second-order valence-electron chi connectivity index (χ2n) is 4.41. The number of aromatic nitrogens is 1. The maximum absolute atomic E-state index is 11.6. The van der Waals surface area contributed by atoms with Gasteiger partial charge >= 0.3 is 5.97 Å². The normalized spacial score (nSPS) is 10.4. The summed E-state index contributed by atoms with van der Waals surface area (Å²) in [6, 6.07) is 11.7. The minimum Gasteiger partial charge on any atom is -0.461 e. The van der Waals surface area contributed by atoms with Crippen molar-refractivity contribution in [2.45, 2.75) is 17.9 Å². The average molecular weight is 290 g/mol. The van der Waals surface area contributed by atoms with Crippen molar-refractivity contribution in [1.29, 1.82) is 0 Å². The van der Waals surface area contributed by atoms with Gasteiger partial charge in [-0.15, -0.1) is 0 Å².